The maximum absolute atomic E-state index is 12.4. The molecule has 1 aliphatic heterocycles. The summed E-state index contributed by atoms with van der Waals surface area (Å²) >= 11 is 3.53. The van der Waals surface area contributed by atoms with E-state index in [0.717, 1.165) is 32.4 Å². The molecule has 0 bridgehead atoms. The second-order valence-corrected chi connectivity index (χ2v) is 7.99. The summed E-state index contributed by atoms with van der Waals surface area (Å²) in [6, 6.07) is 9.31. The van der Waals surface area contributed by atoms with E-state index < -0.39 is 0 Å². The topological polar surface area (TPSA) is 49.3 Å². The second-order valence-electron chi connectivity index (χ2n) is 7.13. The monoisotopic (exact) mass is 385 g/mol. The van der Waals surface area contributed by atoms with Crippen LogP contribution in [0.4, 0.5) is 5.69 Å². The van der Waals surface area contributed by atoms with Gasteiger partial charge in [0, 0.05) is 21.3 Å². The summed E-state index contributed by atoms with van der Waals surface area (Å²) in [5, 5.41) is 13.0. The van der Waals surface area contributed by atoms with Crippen LogP contribution in [0.3, 0.4) is 0 Å². The standard InChI is InChI=1S/C20H20BrNO2/c1-11-15(21)6-7-16-18(11)13(19(24)22-16)9-12-5-8-17(23)14(10-12)20(2,3)4/h5-10,23H,1-4H3,(H,22,24). The summed E-state index contributed by atoms with van der Waals surface area (Å²) < 4.78 is 0.977. The van der Waals surface area contributed by atoms with Gasteiger partial charge < -0.3 is 10.4 Å². The van der Waals surface area contributed by atoms with Crippen LogP contribution >= 0.6 is 15.9 Å². The second kappa shape index (κ2) is 5.78. The molecule has 3 nitrogen and oxygen atoms in total. The quantitative estimate of drug-likeness (QED) is 0.658. The molecule has 1 heterocycles. The van der Waals surface area contributed by atoms with Crippen molar-refractivity contribution in [2.75, 3.05) is 5.32 Å². The molecule has 0 spiro atoms. The fourth-order valence-electron chi connectivity index (χ4n) is 2.99. The van der Waals surface area contributed by atoms with Crippen molar-refractivity contribution in [2.45, 2.75) is 33.1 Å². The van der Waals surface area contributed by atoms with Gasteiger partial charge in [0.05, 0.1) is 0 Å². The Morgan fingerprint density at radius 2 is 1.88 bits per heavy atom. The number of hydrogen-bond acceptors (Lipinski definition) is 2. The minimum atomic E-state index is -0.173. The van der Waals surface area contributed by atoms with Crippen molar-refractivity contribution in [3.63, 3.8) is 0 Å². The Bertz CT molecular complexity index is 876. The van der Waals surface area contributed by atoms with Gasteiger partial charge in [-0.3, -0.25) is 4.79 Å². The molecule has 0 radical (unpaired) electrons. The zero-order chi connectivity index (χ0) is 17.6. The van der Waals surface area contributed by atoms with Gasteiger partial charge in [0.2, 0.25) is 0 Å². The lowest BCUT2D eigenvalue weighted by atomic mass is 9.85. The van der Waals surface area contributed by atoms with Crippen molar-refractivity contribution in [3.05, 3.63) is 57.1 Å². The largest absolute Gasteiger partial charge is 0.508 e. The van der Waals surface area contributed by atoms with Crippen LogP contribution in [0, 0.1) is 6.92 Å². The molecular formula is C20H20BrNO2. The van der Waals surface area contributed by atoms with Gasteiger partial charge in [0.1, 0.15) is 5.75 Å². The predicted molar refractivity (Wildman–Crippen MR) is 102 cm³/mol. The number of phenolic OH excluding ortho intramolecular Hbond substituents is 1. The van der Waals surface area contributed by atoms with Crippen LogP contribution in [0.2, 0.25) is 0 Å². The first-order valence-corrected chi connectivity index (χ1v) is 8.64. The van der Waals surface area contributed by atoms with Crippen LogP contribution in [0.25, 0.3) is 11.6 Å². The summed E-state index contributed by atoms with van der Waals surface area (Å²) in [7, 11) is 0. The van der Waals surface area contributed by atoms with Crippen LogP contribution < -0.4 is 5.32 Å². The van der Waals surface area contributed by atoms with Crippen molar-refractivity contribution >= 4 is 39.2 Å². The van der Waals surface area contributed by atoms with E-state index in [-0.39, 0.29) is 17.1 Å². The molecule has 124 valence electrons. The molecule has 0 saturated carbocycles. The van der Waals surface area contributed by atoms with Crippen molar-refractivity contribution in [2.24, 2.45) is 0 Å². The van der Waals surface area contributed by atoms with Gasteiger partial charge in [0.15, 0.2) is 0 Å². The number of rotatable bonds is 1. The fourth-order valence-corrected chi connectivity index (χ4v) is 3.32. The highest BCUT2D eigenvalue weighted by Crippen LogP contribution is 2.39. The number of fused-ring (bicyclic) bond motifs is 1. The van der Waals surface area contributed by atoms with E-state index in [1.54, 1.807) is 6.07 Å². The Kier molecular flexibility index (Phi) is 4.04. The molecule has 0 aliphatic carbocycles. The number of amides is 1. The summed E-state index contributed by atoms with van der Waals surface area (Å²) in [6.07, 6.45) is 1.88. The molecule has 2 aromatic rings. The van der Waals surface area contributed by atoms with Gasteiger partial charge >= 0.3 is 0 Å². The van der Waals surface area contributed by atoms with Crippen molar-refractivity contribution in [1.82, 2.24) is 0 Å². The minimum Gasteiger partial charge on any atom is -0.508 e. The Morgan fingerprint density at radius 1 is 1.17 bits per heavy atom. The molecule has 1 aliphatic rings. The summed E-state index contributed by atoms with van der Waals surface area (Å²) in [5.41, 5.74) is 5.03. The molecule has 0 unspecified atom stereocenters. The maximum Gasteiger partial charge on any atom is 0.256 e. The third kappa shape index (κ3) is 2.86. The van der Waals surface area contributed by atoms with Crippen molar-refractivity contribution in [1.29, 1.82) is 0 Å². The number of aromatic hydroxyl groups is 1. The normalized spacial score (nSPS) is 15.5. The molecule has 1 amide bonds. The average Bonchev–Trinajstić information content (AvgIpc) is 2.81. The van der Waals surface area contributed by atoms with E-state index in [0.29, 0.717) is 5.57 Å². The molecule has 0 aromatic heterocycles. The average molecular weight is 386 g/mol. The molecule has 2 N–H and O–H groups in total. The minimum absolute atomic E-state index is 0.100. The van der Waals surface area contributed by atoms with Gasteiger partial charge in [-0.15, -0.1) is 0 Å². The molecule has 4 heteroatoms. The Morgan fingerprint density at radius 3 is 2.54 bits per heavy atom. The number of anilines is 1. The number of phenols is 1. The summed E-state index contributed by atoms with van der Waals surface area (Å²) in [5.74, 6) is 0.177. The summed E-state index contributed by atoms with van der Waals surface area (Å²) in [6.45, 7) is 8.15. The van der Waals surface area contributed by atoms with E-state index in [1.165, 1.54) is 0 Å². The smallest absolute Gasteiger partial charge is 0.256 e. The maximum atomic E-state index is 12.4. The zero-order valence-corrected chi connectivity index (χ0v) is 15.8. The van der Waals surface area contributed by atoms with Gasteiger partial charge in [-0.2, -0.15) is 0 Å². The number of carbonyl (C=O) groups is 1. The lowest BCUT2D eigenvalue weighted by Crippen LogP contribution is -2.11. The highest BCUT2D eigenvalue weighted by molar-refractivity contribution is 9.10. The Balaban J connectivity index is 2.15. The predicted octanol–water partition coefficient (Wildman–Crippen LogP) is 5.25. The first-order chi connectivity index (χ1) is 11.2. The van der Waals surface area contributed by atoms with E-state index in [1.807, 2.05) is 37.3 Å². The van der Waals surface area contributed by atoms with Crippen LogP contribution in [0.5, 0.6) is 5.75 Å². The molecule has 24 heavy (non-hydrogen) atoms. The number of nitrogens with one attached hydrogen (secondary N) is 1. The van der Waals surface area contributed by atoms with Crippen molar-refractivity contribution in [3.8, 4) is 5.75 Å². The number of benzene rings is 2. The fraction of sp³-hybridized carbons (Fsp3) is 0.250. The molecule has 3 rings (SSSR count). The van der Waals surface area contributed by atoms with E-state index in [9.17, 15) is 9.90 Å². The van der Waals surface area contributed by atoms with Crippen molar-refractivity contribution < 1.29 is 9.90 Å². The highest BCUT2D eigenvalue weighted by Gasteiger charge is 2.27. The van der Waals surface area contributed by atoms with E-state index in [2.05, 4.69) is 42.0 Å². The SMILES string of the molecule is Cc1c(Br)ccc2c1C(=Cc1ccc(O)c(C(C)(C)C)c1)C(=O)N2. The lowest BCUT2D eigenvalue weighted by molar-refractivity contribution is -0.110. The number of carbonyl (C=O) groups excluding carboxylic acids is 1. The third-order valence-corrected chi connectivity index (χ3v) is 5.16. The first-order valence-electron chi connectivity index (χ1n) is 7.84. The summed E-state index contributed by atoms with van der Waals surface area (Å²) in [4.78, 5) is 12.4. The molecule has 0 fully saturated rings. The lowest BCUT2D eigenvalue weighted by Gasteiger charge is -2.20. The van der Waals surface area contributed by atoms with Gasteiger partial charge in [-0.1, -0.05) is 42.8 Å². The van der Waals surface area contributed by atoms with Gasteiger partial charge in [-0.25, -0.2) is 0 Å². The molecule has 2 aromatic carbocycles. The molecule has 0 atom stereocenters. The Hall–Kier alpha value is -2.07. The number of halogens is 1. The van der Waals surface area contributed by atoms with Crippen LogP contribution in [0.15, 0.2) is 34.8 Å². The third-order valence-electron chi connectivity index (χ3n) is 4.30. The number of hydrogen-bond donors (Lipinski definition) is 2. The van der Waals surface area contributed by atoms with E-state index in [4.69, 9.17) is 0 Å². The van der Waals surface area contributed by atoms with E-state index >= 15 is 0 Å². The zero-order valence-electron chi connectivity index (χ0n) is 14.2. The van der Waals surface area contributed by atoms with Gasteiger partial charge in [0.25, 0.3) is 5.91 Å². The van der Waals surface area contributed by atoms with Gasteiger partial charge in [-0.05, 0) is 59.4 Å². The Labute approximate surface area is 150 Å². The molecule has 0 saturated heterocycles. The molecular weight excluding hydrogens is 366 g/mol. The highest BCUT2D eigenvalue weighted by atomic mass is 79.9. The first kappa shape index (κ1) is 16.8. The van der Waals surface area contributed by atoms with Crippen LogP contribution in [0.1, 0.15) is 43.0 Å². The van der Waals surface area contributed by atoms with Crippen LogP contribution in [-0.4, -0.2) is 11.0 Å². The van der Waals surface area contributed by atoms with Crippen LogP contribution in [-0.2, 0) is 10.2 Å².